The molecular formula is C13H19Cl2NO. The average Bonchev–Trinajstić information content (AvgIpc) is 2.28. The zero-order chi connectivity index (χ0) is 12.8. The van der Waals surface area contributed by atoms with Crippen LogP contribution >= 0.6 is 23.2 Å². The molecule has 2 nitrogen and oxygen atoms in total. The van der Waals surface area contributed by atoms with Gasteiger partial charge in [-0.3, -0.25) is 0 Å². The summed E-state index contributed by atoms with van der Waals surface area (Å²) in [6, 6.07) is 5.35. The van der Waals surface area contributed by atoms with E-state index in [4.69, 9.17) is 27.9 Å². The van der Waals surface area contributed by atoms with Crippen molar-refractivity contribution in [2.24, 2.45) is 5.92 Å². The van der Waals surface area contributed by atoms with Crippen molar-refractivity contribution in [1.29, 1.82) is 0 Å². The van der Waals surface area contributed by atoms with Crippen LogP contribution in [0.1, 0.15) is 20.8 Å². The molecule has 17 heavy (non-hydrogen) atoms. The van der Waals surface area contributed by atoms with Gasteiger partial charge in [-0.05, 0) is 24.6 Å². The summed E-state index contributed by atoms with van der Waals surface area (Å²) in [7, 11) is 0. The van der Waals surface area contributed by atoms with Crippen LogP contribution in [0.2, 0.25) is 10.0 Å². The van der Waals surface area contributed by atoms with Crippen molar-refractivity contribution in [3.8, 4) is 5.75 Å². The highest BCUT2D eigenvalue weighted by atomic mass is 35.5. The second-order valence-corrected chi connectivity index (χ2v) is 5.10. The molecule has 0 aromatic heterocycles. The Morgan fingerprint density at radius 3 is 2.47 bits per heavy atom. The number of hydrogen-bond acceptors (Lipinski definition) is 2. The minimum atomic E-state index is 0.132. The number of benzene rings is 1. The van der Waals surface area contributed by atoms with E-state index in [1.165, 1.54) is 0 Å². The summed E-state index contributed by atoms with van der Waals surface area (Å²) < 4.78 is 5.91. The lowest BCUT2D eigenvalue weighted by Crippen LogP contribution is -2.35. The SMILES string of the molecule is CCNCC(Oc1ccc(Cl)c(Cl)c1)C(C)C. The Morgan fingerprint density at radius 1 is 1.24 bits per heavy atom. The Labute approximate surface area is 113 Å². The molecule has 4 heteroatoms. The Balaban J connectivity index is 2.68. The lowest BCUT2D eigenvalue weighted by molar-refractivity contribution is 0.149. The van der Waals surface area contributed by atoms with E-state index >= 15 is 0 Å². The summed E-state index contributed by atoms with van der Waals surface area (Å²) in [5, 5.41) is 4.36. The summed E-state index contributed by atoms with van der Waals surface area (Å²) in [6.45, 7) is 8.12. The smallest absolute Gasteiger partial charge is 0.121 e. The molecule has 0 saturated heterocycles. The lowest BCUT2D eigenvalue weighted by atomic mass is 10.1. The van der Waals surface area contributed by atoms with Gasteiger partial charge in [-0.25, -0.2) is 0 Å². The maximum atomic E-state index is 5.95. The van der Waals surface area contributed by atoms with Crippen LogP contribution in [0.25, 0.3) is 0 Å². The van der Waals surface area contributed by atoms with Crippen LogP contribution in [0.5, 0.6) is 5.75 Å². The summed E-state index contributed by atoms with van der Waals surface area (Å²) in [6.07, 6.45) is 0.132. The van der Waals surface area contributed by atoms with E-state index < -0.39 is 0 Å². The largest absolute Gasteiger partial charge is 0.489 e. The molecule has 0 aliphatic rings. The molecule has 0 radical (unpaired) electrons. The Hall–Kier alpha value is -0.440. The molecular weight excluding hydrogens is 257 g/mol. The number of ether oxygens (including phenoxy) is 1. The van der Waals surface area contributed by atoms with Gasteiger partial charge in [0.05, 0.1) is 10.0 Å². The monoisotopic (exact) mass is 275 g/mol. The van der Waals surface area contributed by atoms with Gasteiger partial charge in [0.1, 0.15) is 11.9 Å². The average molecular weight is 276 g/mol. The number of hydrogen-bond donors (Lipinski definition) is 1. The second-order valence-electron chi connectivity index (χ2n) is 4.28. The molecule has 0 fully saturated rings. The molecule has 1 rings (SSSR count). The van der Waals surface area contributed by atoms with Crippen molar-refractivity contribution in [3.05, 3.63) is 28.2 Å². The molecule has 0 heterocycles. The molecule has 1 N–H and O–H groups in total. The van der Waals surface area contributed by atoms with Crippen molar-refractivity contribution in [2.45, 2.75) is 26.9 Å². The topological polar surface area (TPSA) is 21.3 Å². The molecule has 0 bridgehead atoms. The lowest BCUT2D eigenvalue weighted by Gasteiger charge is -2.23. The van der Waals surface area contributed by atoms with Gasteiger partial charge < -0.3 is 10.1 Å². The van der Waals surface area contributed by atoms with E-state index in [0.717, 1.165) is 18.8 Å². The first kappa shape index (κ1) is 14.6. The van der Waals surface area contributed by atoms with Crippen LogP contribution in [0.15, 0.2) is 18.2 Å². The highest BCUT2D eigenvalue weighted by Crippen LogP contribution is 2.27. The minimum Gasteiger partial charge on any atom is -0.489 e. The second kappa shape index (κ2) is 7.10. The third kappa shape index (κ3) is 4.74. The third-order valence-electron chi connectivity index (χ3n) is 2.52. The molecule has 0 aliphatic carbocycles. The fraction of sp³-hybridized carbons (Fsp3) is 0.538. The van der Waals surface area contributed by atoms with Gasteiger partial charge in [-0.1, -0.05) is 44.0 Å². The summed E-state index contributed by atoms with van der Waals surface area (Å²) >= 11 is 11.8. The Kier molecular flexibility index (Phi) is 6.10. The molecule has 1 aromatic carbocycles. The zero-order valence-electron chi connectivity index (χ0n) is 10.5. The van der Waals surface area contributed by atoms with Gasteiger partial charge in [-0.2, -0.15) is 0 Å². The normalized spacial score (nSPS) is 12.8. The molecule has 1 atom stereocenters. The van der Waals surface area contributed by atoms with Gasteiger partial charge in [0.15, 0.2) is 0 Å². The molecule has 0 spiro atoms. The van der Waals surface area contributed by atoms with Crippen LogP contribution in [0.4, 0.5) is 0 Å². The van der Waals surface area contributed by atoms with E-state index in [0.29, 0.717) is 16.0 Å². The van der Waals surface area contributed by atoms with Gasteiger partial charge >= 0.3 is 0 Å². The maximum Gasteiger partial charge on any atom is 0.121 e. The highest BCUT2D eigenvalue weighted by Gasteiger charge is 2.15. The van der Waals surface area contributed by atoms with E-state index in [2.05, 4.69) is 26.1 Å². The van der Waals surface area contributed by atoms with Crippen LogP contribution in [0.3, 0.4) is 0 Å². The van der Waals surface area contributed by atoms with E-state index in [9.17, 15) is 0 Å². The van der Waals surface area contributed by atoms with Crippen LogP contribution in [0, 0.1) is 5.92 Å². The van der Waals surface area contributed by atoms with Gasteiger partial charge in [0, 0.05) is 12.6 Å². The standard InChI is InChI=1S/C13H19Cl2NO/c1-4-16-8-13(9(2)3)17-10-5-6-11(14)12(15)7-10/h5-7,9,13,16H,4,8H2,1-3H3. The quantitative estimate of drug-likeness (QED) is 0.847. The highest BCUT2D eigenvalue weighted by molar-refractivity contribution is 6.42. The van der Waals surface area contributed by atoms with E-state index in [1.807, 2.05) is 6.07 Å². The first-order chi connectivity index (χ1) is 8.04. The molecule has 96 valence electrons. The maximum absolute atomic E-state index is 5.95. The van der Waals surface area contributed by atoms with Crippen molar-refractivity contribution >= 4 is 23.2 Å². The zero-order valence-corrected chi connectivity index (χ0v) is 12.0. The Bertz CT molecular complexity index is 355. The van der Waals surface area contributed by atoms with Gasteiger partial charge in [0.25, 0.3) is 0 Å². The van der Waals surface area contributed by atoms with Crippen LogP contribution in [-0.2, 0) is 0 Å². The van der Waals surface area contributed by atoms with Crippen molar-refractivity contribution < 1.29 is 4.74 Å². The number of halogens is 2. The van der Waals surface area contributed by atoms with E-state index in [1.54, 1.807) is 12.1 Å². The van der Waals surface area contributed by atoms with Crippen molar-refractivity contribution in [2.75, 3.05) is 13.1 Å². The fourth-order valence-corrected chi connectivity index (χ4v) is 1.71. The minimum absolute atomic E-state index is 0.132. The molecule has 0 saturated carbocycles. The molecule has 1 unspecified atom stereocenters. The fourth-order valence-electron chi connectivity index (χ4n) is 1.43. The number of rotatable bonds is 6. The Morgan fingerprint density at radius 2 is 1.94 bits per heavy atom. The molecule has 0 amide bonds. The summed E-state index contributed by atoms with van der Waals surface area (Å²) in [5.41, 5.74) is 0. The van der Waals surface area contributed by atoms with Gasteiger partial charge in [0.2, 0.25) is 0 Å². The van der Waals surface area contributed by atoms with E-state index in [-0.39, 0.29) is 6.10 Å². The molecule has 1 aromatic rings. The van der Waals surface area contributed by atoms with Crippen LogP contribution in [-0.4, -0.2) is 19.2 Å². The molecule has 0 aliphatic heterocycles. The van der Waals surface area contributed by atoms with Gasteiger partial charge in [-0.15, -0.1) is 0 Å². The van der Waals surface area contributed by atoms with Crippen molar-refractivity contribution in [3.63, 3.8) is 0 Å². The van der Waals surface area contributed by atoms with Crippen LogP contribution < -0.4 is 10.1 Å². The summed E-state index contributed by atoms with van der Waals surface area (Å²) in [5.74, 6) is 1.19. The predicted molar refractivity (Wildman–Crippen MR) is 74.3 cm³/mol. The number of nitrogens with one attached hydrogen (secondary N) is 1. The summed E-state index contributed by atoms with van der Waals surface area (Å²) in [4.78, 5) is 0. The first-order valence-electron chi connectivity index (χ1n) is 5.87. The number of likely N-dealkylation sites (N-methyl/N-ethyl adjacent to an activating group) is 1. The third-order valence-corrected chi connectivity index (χ3v) is 3.26. The van der Waals surface area contributed by atoms with Crippen molar-refractivity contribution in [1.82, 2.24) is 5.32 Å². The first-order valence-corrected chi connectivity index (χ1v) is 6.62. The predicted octanol–water partition coefficient (Wildman–Crippen LogP) is 4.01.